The van der Waals surface area contributed by atoms with E-state index in [-0.39, 0.29) is 27.9 Å². The second-order valence-electron chi connectivity index (χ2n) is 4.67. The molecule has 0 aromatic heterocycles. The lowest BCUT2D eigenvalue weighted by Crippen LogP contribution is -2.10. The number of halogens is 4. The average Bonchev–Trinajstić information content (AvgIpc) is 2.85. The Hall–Kier alpha value is -2.28. The molecule has 0 bridgehead atoms. The molecular formula is C14H9ClF3N2O2. The number of phenolic OH excluding ortho intramolecular Hbond substituents is 2. The van der Waals surface area contributed by atoms with Crippen LogP contribution in [-0.2, 0) is 6.18 Å². The minimum atomic E-state index is -4.44. The molecular weight excluding hydrogens is 321 g/mol. The minimum absolute atomic E-state index is 0.0153. The van der Waals surface area contributed by atoms with E-state index in [1.165, 1.54) is 23.7 Å². The topological polar surface area (TPSA) is 55.7 Å². The second kappa shape index (κ2) is 4.88. The van der Waals surface area contributed by atoms with Gasteiger partial charge in [0, 0.05) is 6.07 Å². The fraction of sp³-hybridized carbons (Fsp3) is 0.0714. The Balaban J connectivity index is 2.04. The largest absolute Gasteiger partial charge is 0.506 e. The van der Waals surface area contributed by atoms with Crippen LogP contribution in [0.3, 0.4) is 0 Å². The molecule has 2 aromatic carbocycles. The van der Waals surface area contributed by atoms with Crippen LogP contribution in [0.1, 0.15) is 5.56 Å². The summed E-state index contributed by atoms with van der Waals surface area (Å²) >= 11 is 5.81. The molecule has 8 heteroatoms. The van der Waals surface area contributed by atoms with Crippen LogP contribution in [0.5, 0.6) is 11.5 Å². The van der Waals surface area contributed by atoms with Crippen molar-refractivity contribution < 1.29 is 23.4 Å². The fourth-order valence-electron chi connectivity index (χ4n) is 2.17. The average molecular weight is 330 g/mol. The molecule has 3 N–H and O–H groups in total. The maximum absolute atomic E-state index is 12.7. The van der Waals surface area contributed by atoms with Gasteiger partial charge in [-0.3, -0.25) is 0 Å². The number of alkyl halides is 3. The molecule has 1 aliphatic heterocycles. The third-order valence-electron chi connectivity index (χ3n) is 3.24. The van der Waals surface area contributed by atoms with Crippen LogP contribution in [0.2, 0.25) is 5.02 Å². The van der Waals surface area contributed by atoms with E-state index in [9.17, 15) is 23.4 Å². The molecule has 1 heterocycles. The molecule has 1 radical (unpaired) electrons. The van der Waals surface area contributed by atoms with Gasteiger partial charge in [-0.15, -0.1) is 0 Å². The lowest BCUT2D eigenvalue weighted by Gasteiger charge is -2.19. The van der Waals surface area contributed by atoms with Crippen molar-refractivity contribution in [2.75, 3.05) is 10.2 Å². The number of anilines is 3. The summed E-state index contributed by atoms with van der Waals surface area (Å²) in [5.74, 6) is -0.546. The third kappa shape index (κ3) is 2.37. The predicted octanol–water partition coefficient (Wildman–Crippen LogP) is 4.45. The summed E-state index contributed by atoms with van der Waals surface area (Å²) in [5.41, 5.74) is 0.124. The minimum Gasteiger partial charge on any atom is -0.506 e. The lowest BCUT2D eigenvalue weighted by molar-refractivity contribution is -0.137. The molecule has 22 heavy (non-hydrogen) atoms. The van der Waals surface area contributed by atoms with Crippen LogP contribution in [0.25, 0.3) is 0 Å². The molecule has 3 rings (SSSR count). The Morgan fingerprint density at radius 3 is 2.41 bits per heavy atom. The van der Waals surface area contributed by atoms with E-state index in [1.54, 1.807) is 0 Å². The Morgan fingerprint density at radius 1 is 1.00 bits per heavy atom. The van der Waals surface area contributed by atoms with Crippen molar-refractivity contribution in [2.45, 2.75) is 6.18 Å². The van der Waals surface area contributed by atoms with Crippen LogP contribution in [0.4, 0.5) is 30.2 Å². The van der Waals surface area contributed by atoms with Gasteiger partial charge in [0.2, 0.25) is 0 Å². The van der Waals surface area contributed by atoms with Crippen molar-refractivity contribution in [1.29, 1.82) is 0 Å². The summed E-state index contributed by atoms with van der Waals surface area (Å²) in [6.45, 7) is 1.40. The SMILES string of the molecule is Oc1cc(O)c(N2[CH]Nc3cc(C(F)(F)F)ccc32)cc1Cl. The Labute approximate surface area is 128 Å². The van der Waals surface area contributed by atoms with Crippen molar-refractivity contribution in [3.8, 4) is 11.5 Å². The Bertz CT molecular complexity index is 750. The molecule has 4 nitrogen and oxygen atoms in total. The molecule has 0 unspecified atom stereocenters. The van der Waals surface area contributed by atoms with Crippen molar-refractivity contribution >= 4 is 28.7 Å². The van der Waals surface area contributed by atoms with Crippen molar-refractivity contribution in [3.05, 3.63) is 47.6 Å². The van der Waals surface area contributed by atoms with Crippen LogP contribution in [0, 0.1) is 6.67 Å². The van der Waals surface area contributed by atoms with Gasteiger partial charge in [-0.2, -0.15) is 13.2 Å². The number of phenols is 2. The molecule has 1 aliphatic rings. The summed E-state index contributed by atoms with van der Waals surface area (Å²) < 4.78 is 38.1. The molecule has 0 spiro atoms. The van der Waals surface area contributed by atoms with Crippen LogP contribution < -0.4 is 10.2 Å². The quantitative estimate of drug-likeness (QED) is 0.723. The maximum atomic E-state index is 12.7. The highest BCUT2D eigenvalue weighted by atomic mass is 35.5. The van der Waals surface area contributed by atoms with E-state index in [0.717, 1.165) is 18.2 Å². The number of nitrogens with one attached hydrogen (secondary N) is 1. The van der Waals surface area contributed by atoms with Crippen LogP contribution in [0.15, 0.2) is 30.3 Å². The molecule has 115 valence electrons. The van der Waals surface area contributed by atoms with Crippen LogP contribution in [-0.4, -0.2) is 10.2 Å². The van der Waals surface area contributed by atoms with E-state index in [2.05, 4.69) is 5.32 Å². The number of hydrogen-bond acceptors (Lipinski definition) is 4. The number of hydrogen-bond donors (Lipinski definition) is 3. The smallest absolute Gasteiger partial charge is 0.416 e. The number of nitrogens with zero attached hydrogens (tertiary/aromatic N) is 1. The zero-order valence-corrected chi connectivity index (χ0v) is 11.6. The first-order chi connectivity index (χ1) is 10.3. The first-order valence-electron chi connectivity index (χ1n) is 6.09. The zero-order chi connectivity index (χ0) is 16.1. The zero-order valence-electron chi connectivity index (χ0n) is 10.8. The molecule has 0 amide bonds. The van der Waals surface area contributed by atoms with Crippen LogP contribution >= 0.6 is 11.6 Å². The van der Waals surface area contributed by atoms with Gasteiger partial charge in [-0.1, -0.05) is 11.6 Å². The molecule has 0 atom stereocenters. The highest BCUT2D eigenvalue weighted by Gasteiger charge is 2.33. The van der Waals surface area contributed by atoms with Gasteiger partial charge >= 0.3 is 6.18 Å². The van der Waals surface area contributed by atoms with Gasteiger partial charge < -0.3 is 20.4 Å². The summed E-state index contributed by atoms with van der Waals surface area (Å²) in [4.78, 5) is 1.44. The van der Waals surface area contributed by atoms with Crippen molar-refractivity contribution in [3.63, 3.8) is 0 Å². The van der Waals surface area contributed by atoms with E-state index in [4.69, 9.17) is 11.6 Å². The van der Waals surface area contributed by atoms with Crippen molar-refractivity contribution in [1.82, 2.24) is 0 Å². The molecule has 0 aliphatic carbocycles. The van der Waals surface area contributed by atoms with Gasteiger partial charge in [-0.05, 0) is 24.3 Å². The van der Waals surface area contributed by atoms with E-state index in [1.807, 2.05) is 0 Å². The van der Waals surface area contributed by atoms with E-state index >= 15 is 0 Å². The number of fused-ring (bicyclic) bond motifs is 1. The summed E-state index contributed by atoms with van der Waals surface area (Å²) in [6, 6.07) is 5.59. The fourth-order valence-corrected chi connectivity index (χ4v) is 2.33. The van der Waals surface area contributed by atoms with Gasteiger partial charge in [0.15, 0.2) is 0 Å². The van der Waals surface area contributed by atoms with Crippen molar-refractivity contribution in [2.24, 2.45) is 0 Å². The molecule has 0 saturated carbocycles. The first kappa shape index (κ1) is 14.6. The Morgan fingerprint density at radius 2 is 1.73 bits per heavy atom. The normalized spacial score (nSPS) is 13.9. The number of benzene rings is 2. The predicted molar refractivity (Wildman–Crippen MR) is 76.3 cm³/mol. The lowest BCUT2D eigenvalue weighted by atomic mass is 10.1. The summed E-state index contributed by atoms with van der Waals surface area (Å²) in [7, 11) is 0. The number of rotatable bonds is 1. The molecule has 0 saturated heterocycles. The standard InChI is InChI=1S/C14H9ClF3N2O2/c15-8-4-11(13(22)5-12(8)21)20-6-19-9-3-7(14(16,17)18)1-2-10(9)20/h1-6,19,21-22H. The Kier molecular flexibility index (Phi) is 3.25. The third-order valence-corrected chi connectivity index (χ3v) is 3.54. The highest BCUT2D eigenvalue weighted by molar-refractivity contribution is 6.32. The maximum Gasteiger partial charge on any atom is 0.416 e. The van der Waals surface area contributed by atoms with Gasteiger partial charge in [-0.25, -0.2) is 0 Å². The molecule has 0 fully saturated rings. The van der Waals surface area contributed by atoms with Gasteiger partial charge in [0.1, 0.15) is 18.2 Å². The van der Waals surface area contributed by atoms with E-state index < -0.39 is 11.7 Å². The second-order valence-corrected chi connectivity index (χ2v) is 5.07. The van der Waals surface area contributed by atoms with Gasteiger partial charge in [0.05, 0.1) is 27.6 Å². The molecule has 2 aromatic rings. The highest BCUT2D eigenvalue weighted by Crippen LogP contribution is 2.46. The summed E-state index contributed by atoms with van der Waals surface area (Å²) in [5, 5.41) is 22.0. The summed E-state index contributed by atoms with van der Waals surface area (Å²) in [6.07, 6.45) is -4.44. The van der Waals surface area contributed by atoms with E-state index in [0.29, 0.717) is 5.69 Å². The first-order valence-corrected chi connectivity index (χ1v) is 6.47. The van der Waals surface area contributed by atoms with Gasteiger partial charge in [0.25, 0.3) is 0 Å². The monoisotopic (exact) mass is 329 g/mol. The number of aromatic hydroxyl groups is 2.